The molecule has 0 radical (unpaired) electrons. The topological polar surface area (TPSA) is 72.7 Å². The van der Waals surface area contributed by atoms with E-state index in [1.54, 1.807) is 10.6 Å². The van der Waals surface area contributed by atoms with Crippen molar-refractivity contribution < 1.29 is 14.3 Å². The van der Waals surface area contributed by atoms with Crippen molar-refractivity contribution in [3.63, 3.8) is 0 Å². The molecule has 0 aliphatic heterocycles. The molecule has 26 heavy (non-hydrogen) atoms. The molecule has 2 aromatic rings. The van der Waals surface area contributed by atoms with Crippen LogP contribution >= 0.6 is 11.6 Å². The number of hydrogen-bond donors (Lipinski definition) is 1. The van der Waals surface area contributed by atoms with Crippen molar-refractivity contribution in [1.29, 1.82) is 0 Å². The van der Waals surface area contributed by atoms with E-state index in [2.05, 4.69) is 17.2 Å². The van der Waals surface area contributed by atoms with Crippen LogP contribution in [0.5, 0.6) is 0 Å². The first-order valence-corrected chi connectivity index (χ1v) is 9.19. The summed E-state index contributed by atoms with van der Waals surface area (Å²) in [5.41, 5.74) is 1.27. The molecule has 1 aliphatic rings. The third kappa shape index (κ3) is 4.43. The minimum atomic E-state index is -0.598. The van der Waals surface area contributed by atoms with Gasteiger partial charge >= 0.3 is 5.97 Å². The normalized spacial score (nSPS) is 20.4. The Morgan fingerprint density at radius 3 is 3.00 bits per heavy atom. The van der Waals surface area contributed by atoms with E-state index in [0.717, 1.165) is 19.3 Å². The molecule has 0 spiro atoms. The number of aromatic nitrogens is 2. The number of nitrogens with zero attached hydrogens (tertiary/aromatic N) is 2. The van der Waals surface area contributed by atoms with Crippen molar-refractivity contribution in [3.05, 3.63) is 41.3 Å². The zero-order valence-corrected chi connectivity index (χ0v) is 15.4. The molecule has 7 heteroatoms. The van der Waals surface area contributed by atoms with Gasteiger partial charge in [-0.25, -0.2) is 9.78 Å². The van der Waals surface area contributed by atoms with Gasteiger partial charge in [0.2, 0.25) is 0 Å². The minimum Gasteiger partial charge on any atom is -0.452 e. The standard InChI is InChI=1S/C19H22ClN3O3/c1-13-6-2-3-7-14(13)21-17(24)12-26-18(25)10-9-15-19(20)22-16-8-4-5-11-23(15)16/h4-5,8-11,13-14H,2-3,6-7,12H2,1H3,(H,21,24)/b10-9+/t13-,14-/m1/s1. The number of pyridine rings is 1. The Balaban J connectivity index is 1.52. The average Bonchev–Trinajstić information content (AvgIpc) is 2.95. The Hall–Kier alpha value is -2.34. The lowest BCUT2D eigenvalue weighted by atomic mass is 9.86. The van der Waals surface area contributed by atoms with Crippen molar-refractivity contribution in [2.75, 3.05) is 6.61 Å². The number of esters is 1. The second kappa shape index (κ2) is 8.36. The molecule has 1 N–H and O–H groups in total. The Morgan fingerprint density at radius 2 is 2.19 bits per heavy atom. The van der Waals surface area contributed by atoms with Gasteiger partial charge in [0.15, 0.2) is 11.8 Å². The second-order valence-corrected chi connectivity index (χ2v) is 6.95. The summed E-state index contributed by atoms with van der Waals surface area (Å²) in [6, 6.07) is 5.68. The summed E-state index contributed by atoms with van der Waals surface area (Å²) in [5, 5.41) is 3.25. The van der Waals surface area contributed by atoms with Crippen LogP contribution in [0, 0.1) is 5.92 Å². The summed E-state index contributed by atoms with van der Waals surface area (Å²) in [4.78, 5) is 28.1. The highest BCUT2D eigenvalue weighted by molar-refractivity contribution is 6.31. The predicted molar refractivity (Wildman–Crippen MR) is 99.8 cm³/mol. The van der Waals surface area contributed by atoms with Gasteiger partial charge in [0.25, 0.3) is 5.91 Å². The SMILES string of the molecule is C[C@@H]1CCCC[C@H]1NC(=O)COC(=O)/C=C/c1c(Cl)nc2ccccn12. The molecule has 2 heterocycles. The predicted octanol–water partition coefficient (Wildman–Crippen LogP) is 3.24. The molecule has 1 amide bonds. The van der Waals surface area contributed by atoms with E-state index in [1.807, 2.05) is 18.2 Å². The third-order valence-electron chi connectivity index (χ3n) is 4.70. The van der Waals surface area contributed by atoms with Crippen LogP contribution in [0.15, 0.2) is 30.5 Å². The monoisotopic (exact) mass is 375 g/mol. The fourth-order valence-electron chi connectivity index (χ4n) is 3.25. The number of hydrogen-bond acceptors (Lipinski definition) is 4. The van der Waals surface area contributed by atoms with E-state index in [9.17, 15) is 9.59 Å². The Labute approximate surface area is 157 Å². The van der Waals surface area contributed by atoms with Crippen LogP contribution in [0.1, 0.15) is 38.3 Å². The molecule has 2 aromatic heterocycles. The zero-order chi connectivity index (χ0) is 18.5. The summed E-state index contributed by atoms with van der Waals surface area (Å²) >= 11 is 6.10. The first-order chi connectivity index (χ1) is 12.5. The fraction of sp³-hybridized carbons (Fsp3) is 0.421. The summed E-state index contributed by atoms with van der Waals surface area (Å²) in [7, 11) is 0. The van der Waals surface area contributed by atoms with Crippen LogP contribution in [-0.2, 0) is 14.3 Å². The molecule has 1 saturated carbocycles. The van der Waals surface area contributed by atoms with Gasteiger partial charge < -0.3 is 10.1 Å². The quantitative estimate of drug-likeness (QED) is 0.643. The van der Waals surface area contributed by atoms with Gasteiger partial charge in [-0.2, -0.15) is 0 Å². The number of imidazole rings is 1. The molecule has 6 nitrogen and oxygen atoms in total. The molecule has 1 aliphatic carbocycles. The number of carbonyl (C=O) groups excluding carboxylic acids is 2. The molecule has 0 aromatic carbocycles. The molecular weight excluding hydrogens is 354 g/mol. The van der Waals surface area contributed by atoms with E-state index in [4.69, 9.17) is 16.3 Å². The van der Waals surface area contributed by atoms with Gasteiger partial charge in [-0.3, -0.25) is 9.20 Å². The smallest absolute Gasteiger partial charge is 0.331 e. The Kier molecular flexibility index (Phi) is 5.93. The van der Waals surface area contributed by atoms with Crippen LogP contribution in [-0.4, -0.2) is 33.9 Å². The second-order valence-electron chi connectivity index (χ2n) is 6.59. The Bertz CT molecular complexity index is 831. The van der Waals surface area contributed by atoms with Crippen LogP contribution in [0.2, 0.25) is 5.15 Å². The van der Waals surface area contributed by atoms with Crippen LogP contribution < -0.4 is 5.32 Å². The molecule has 0 unspecified atom stereocenters. The summed E-state index contributed by atoms with van der Waals surface area (Å²) < 4.78 is 6.79. The largest absolute Gasteiger partial charge is 0.452 e. The number of ether oxygens (including phenoxy) is 1. The average molecular weight is 376 g/mol. The molecular formula is C19H22ClN3O3. The first kappa shape index (κ1) is 18.5. The van der Waals surface area contributed by atoms with Gasteiger partial charge in [0, 0.05) is 18.3 Å². The van der Waals surface area contributed by atoms with Crippen LogP contribution in [0.3, 0.4) is 0 Å². The van der Waals surface area contributed by atoms with Crippen molar-refractivity contribution in [2.24, 2.45) is 5.92 Å². The highest BCUT2D eigenvalue weighted by Gasteiger charge is 2.22. The number of halogens is 1. The number of amides is 1. The fourth-order valence-corrected chi connectivity index (χ4v) is 3.49. The van der Waals surface area contributed by atoms with Crippen molar-refractivity contribution in [1.82, 2.24) is 14.7 Å². The molecule has 3 rings (SSSR count). The minimum absolute atomic E-state index is 0.169. The maximum Gasteiger partial charge on any atom is 0.331 e. The number of rotatable bonds is 5. The van der Waals surface area contributed by atoms with E-state index in [-0.39, 0.29) is 18.6 Å². The third-order valence-corrected chi connectivity index (χ3v) is 4.98. The first-order valence-electron chi connectivity index (χ1n) is 8.81. The number of carbonyl (C=O) groups is 2. The van der Waals surface area contributed by atoms with Crippen LogP contribution in [0.25, 0.3) is 11.7 Å². The summed E-state index contributed by atoms with van der Waals surface area (Å²) in [6.45, 7) is 1.85. The number of fused-ring (bicyclic) bond motifs is 1. The maximum absolute atomic E-state index is 12.0. The number of nitrogens with one attached hydrogen (secondary N) is 1. The highest BCUT2D eigenvalue weighted by Crippen LogP contribution is 2.23. The molecule has 0 saturated heterocycles. The Morgan fingerprint density at radius 1 is 1.38 bits per heavy atom. The van der Waals surface area contributed by atoms with Gasteiger partial charge in [-0.1, -0.05) is 37.4 Å². The van der Waals surface area contributed by atoms with Crippen molar-refractivity contribution >= 4 is 35.2 Å². The lowest BCUT2D eigenvalue weighted by Gasteiger charge is -2.29. The van der Waals surface area contributed by atoms with Gasteiger partial charge in [0.1, 0.15) is 5.65 Å². The highest BCUT2D eigenvalue weighted by atomic mass is 35.5. The molecule has 2 atom stereocenters. The van der Waals surface area contributed by atoms with Crippen LogP contribution in [0.4, 0.5) is 0 Å². The van der Waals surface area contributed by atoms with Crippen molar-refractivity contribution in [3.8, 4) is 0 Å². The van der Waals surface area contributed by atoms with Gasteiger partial charge in [-0.05, 0) is 37.0 Å². The zero-order valence-electron chi connectivity index (χ0n) is 14.7. The summed E-state index contributed by atoms with van der Waals surface area (Å²) in [5.74, 6) is -0.405. The van der Waals surface area contributed by atoms with Gasteiger partial charge in [-0.15, -0.1) is 0 Å². The lowest BCUT2D eigenvalue weighted by molar-refractivity contribution is -0.144. The van der Waals surface area contributed by atoms with E-state index < -0.39 is 5.97 Å². The van der Waals surface area contributed by atoms with E-state index in [1.165, 1.54) is 18.6 Å². The molecule has 138 valence electrons. The molecule has 1 fully saturated rings. The van der Waals surface area contributed by atoms with E-state index >= 15 is 0 Å². The summed E-state index contributed by atoms with van der Waals surface area (Å²) in [6.07, 6.45) is 9.01. The maximum atomic E-state index is 12.0. The lowest BCUT2D eigenvalue weighted by Crippen LogP contribution is -2.42. The van der Waals surface area contributed by atoms with Gasteiger partial charge in [0.05, 0.1) is 5.69 Å². The molecule has 0 bridgehead atoms. The van der Waals surface area contributed by atoms with Crippen molar-refractivity contribution in [2.45, 2.75) is 38.6 Å². The van der Waals surface area contributed by atoms with E-state index in [0.29, 0.717) is 22.4 Å².